The zero-order valence-corrected chi connectivity index (χ0v) is 12.2. The Morgan fingerprint density at radius 2 is 2.21 bits per heavy atom. The molecule has 3 N–H and O–H groups in total. The van der Waals surface area contributed by atoms with E-state index in [4.69, 9.17) is 5.73 Å². The summed E-state index contributed by atoms with van der Waals surface area (Å²) in [5, 5.41) is 0.819. The van der Waals surface area contributed by atoms with Gasteiger partial charge in [0.2, 0.25) is 5.95 Å². The van der Waals surface area contributed by atoms with Crippen molar-refractivity contribution >= 4 is 44.8 Å². The molecule has 2 heterocycles. The van der Waals surface area contributed by atoms with Gasteiger partial charge in [-0.05, 0) is 17.7 Å². The number of benzene rings is 1. The van der Waals surface area contributed by atoms with Crippen molar-refractivity contribution in [2.45, 2.75) is 10.8 Å². The van der Waals surface area contributed by atoms with E-state index in [0.717, 1.165) is 20.8 Å². The molecule has 2 aromatic heterocycles. The van der Waals surface area contributed by atoms with Gasteiger partial charge in [0, 0.05) is 10.2 Å². The number of halogens is 1. The average molecular weight is 336 g/mol. The first-order valence-electron chi connectivity index (χ1n) is 5.56. The number of aromatic amines is 1. The lowest BCUT2D eigenvalue weighted by molar-refractivity contribution is 1.10. The zero-order valence-electron chi connectivity index (χ0n) is 9.80. The summed E-state index contributed by atoms with van der Waals surface area (Å²) in [7, 11) is 0. The first-order valence-corrected chi connectivity index (χ1v) is 7.34. The monoisotopic (exact) mass is 335 g/mol. The molecule has 3 rings (SSSR count). The van der Waals surface area contributed by atoms with E-state index < -0.39 is 0 Å². The van der Waals surface area contributed by atoms with Crippen LogP contribution in [-0.2, 0) is 5.75 Å². The number of hydrogen-bond donors (Lipinski definition) is 2. The van der Waals surface area contributed by atoms with E-state index in [1.165, 1.54) is 5.56 Å². The molecule has 5 nitrogen and oxygen atoms in total. The Labute approximate surface area is 122 Å². The standard InChI is InChI=1S/C12H10BrN5S/c13-8-3-1-2-7(4-8)5-19-11-9-10(16-6-15-9)17-12(14)18-11/h1-4,6H,5H2,(H3,14,15,16,17,18). The van der Waals surface area contributed by atoms with Crippen molar-refractivity contribution in [3.05, 3.63) is 40.6 Å². The molecule has 0 spiro atoms. The van der Waals surface area contributed by atoms with Crippen LogP contribution in [-0.4, -0.2) is 19.9 Å². The second-order valence-corrected chi connectivity index (χ2v) is 5.79. The van der Waals surface area contributed by atoms with Crippen molar-refractivity contribution < 1.29 is 0 Å². The Morgan fingerprint density at radius 3 is 3.05 bits per heavy atom. The van der Waals surface area contributed by atoms with Crippen LogP contribution >= 0.6 is 27.7 Å². The number of thioether (sulfide) groups is 1. The predicted octanol–water partition coefficient (Wildman–Crippen LogP) is 2.99. The molecule has 0 aliphatic carbocycles. The number of H-pyrrole nitrogens is 1. The Hall–Kier alpha value is -1.60. The minimum absolute atomic E-state index is 0.247. The molecule has 0 saturated carbocycles. The fourth-order valence-corrected chi connectivity index (χ4v) is 3.09. The summed E-state index contributed by atoms with van der Waals surface area (Å²) >= 11 is 5.07. The molecule has 0 atom stereocenters. The predicted molar refractivity (Wildman–Crippen MR) is 79.8 cm³/mol. The first kappa shape index (κ1) is 12.4. The van der Waals surface area contributed by atoms with Crippen molar-refractivity contribution in [1.82, 2.24) is 19.9 Å². The van der Waals surface area contributed by atoms with Gasteiger partial charge < -0.3 is 10.7 Å². The Balaban J connectivity index is 1.87. The Morgan fingerprint density at radius 1 is 1.32 bits per heavy atom. The number of imidazole rings is 1. The molecular formula is C12H10BrN5S. The molecule has 3 aromatic rings. The third-order valence-electron chi connectivity index (χ3n) is 2.53. The van der Waals surface area contributed by atoms with E-state index in [1.54, 1.807) is 18.1 Å². The summed E-state index contributed by atoms with van der Waals surface area (Å²) in [6.45, 7) is 0. The summed E-state index contributed by atoms with van der Waals surface area (Å²) in [4.78, 5) is 15.5. The smallest absolute Gasteiger partial charge is 0.223 e. The highest BCUT2D eigenvalue weighted by Crippen LogP contribution is 2.27. The van der Waals surface area contributed by atoms with E-state index in [2.05, 4.69) is 48.0 Å². The topological polar surface area (TPSA) is 80.5 Å². The molecule has 1 aromatic carbocycles. The molecule has 0 saturated heterocycles. The highest BCUT2D eigenvalue weighted by Gasteiger charge is 2.09. The summed E-state index contributed by atoms with van der Waals surface area (Å²) in [6, 6.07) is 8.18. The molecular weight excluding hydrogens is 326 g/mol. The largest absolute Gasteiger partial charge is 0.368 e. The number of aromatic nitrogens is 4. The average Bonchev–Trinajstić information content (AvgIpc) is 2.84. The van der Waals surface area contributed by atoms with Crippen molar-refractivity contribution in [2.75, 3.05) is 5.73 Å². The van der Waals surface area contributed by atoms with Gasteiger partial charge >= 0.3 is 0 Å². The minimum Gasteiger partial charge on any atom is -0.368 e. The fraction of sp³-hybridized carbons (Fsp3) is 0.0833. The van der Waals surface area contributed by atoms with E-state index in [0.29, 0.717) is 5.65 Å². The van der Waals surface area contributed by atoms with E-state index in [-0.39, 0.29) is 5.95 Å². The minimum atomic E-state index is 0.247. The van der Waals surface area contributed by atoms with Crippen LogP contribution in [0.5, 0.6) is 0 Å². The van der Waals surface area contributed by atoms with Gasteiger partial charge in [0.25, 0.3) is 0 Å². The Bertz CT molecular complexity index is 727. The number of nitrogen functional groups attached to an aromatic ring is 1. The van der Waals surface area contributed by atoms with Crippen LogP contribution in [0.4, 0.5) is 5.95 Å². The second kappa shape index (κ2) is 5.18. The summed E-state index contributed by atoms with van der Waals surface area (Å²) < 4.78 is 1.07. The van der Waals surface area contributed by atoms with Gasteiger partial charge in [-0.15, -0.1) is 0 Å². The van der Waals surface area contributed by atoms with E-state index >= 15 is 0 Å². The fourth-order valence-electron chi connectivity index (χ4n) is 1.71. The number of nitrogens with two attached hydrogens (primary N) is 1. The second-order valence-electron chi connectivity index (χ2n) is 3.91. The van der Waals surface area contributed by atoms with Gasteiger partial charge in [-0.25, -0.2) is 9.97 Å². The van der Waals surface area contributed by atoms with Gasteiger partial charge in [-0.2, -0.15) is 4.98 Å². The molecule has 7 heteroatoms. The maximum atomic E-state index is 5.68. The molecule has 19 heavy (non-hydrogen) atoms. The zero-order chi connectivity index (χ0) is 13.2. The van der Waals surface area contributed by atoms with Crippen molar-refractivity contribution in [3.63, 3.8) is 0 Å². The molecule has 0 fully saturated rings. The normalized spacial score (nSPS) is 11.0. The van der Waals surface area contributed by atoms with Gasteiger partial charge in [0.1, 0.15) is 10.5 Å². The highest BCUT2D eigenvalue weighted by atomic mass is 79.9. The lowest BCUT2D eigenvalue weighted by Gasteiger charge is -2.03. The molecule has 0 unspecified atom stereocenters. The number of anilines is 1. The summed E-state index contributed by atoms with van der Waals surface area (Å²) in [5.41, 5.74) is 8.32. The molecule has 0 aliphatic rings. The van der Waals surface area contributed by atoms with Crippen molar-refractivity contribution in [1.29, 1.82) is 0 Å². The van der Waals surface area contributed by atoms with E-state index in [9.17, 15) is 0 Å². The molecule has 0 aliphatic heterocycles. The van der Waals surface area contributed by atoms with Crippen LogP contribution in [0, 0.1) is 0 Å². The van der Waals surface area contributed by atoms with Crippen LogP contribution in [0.1, 0.15) is 5.56 Å². The lowest BCUT2D eigenvalue weighted by Crippen LogP contribution is -1.97. The number of nitrogens with one attached hydrogen (secondary N) is 1. The summed E-state index contributed by atoms with van der Waals surface area (Å²) in [6.07, 6.45) is 1.60. The van der Waals surface area contributed by atoms with Gasteiger partial charge in [-0.3, -0.25) is 0 Å². The SMILES string of the molecule is Nc1nc(SCc2cccc(Br)c2)c2[nH]cnc2n1. The quantitative estimate of drug-likeness (QED) is 0.568. The number of hydrogen-bond acceptors (Lipinski definition) is 5. The van der Waals surface area contributed by atoms with Crippen LogP contribution in [0.25, 0.3) is 11.2 Å². The van der Waals surface area contributed by atoms with Crippen LogP contribution < -0.4 is 5.73 Å². The lowest BCUT2D eigenvalue weighted by atomic mass is 10.2. The van der Waals surface area contributed by atoms with Gasteiger partial charge in [0.05, 0.1) is 6.33 Å². The third kappa shape index (κ3) is 2.71. The maximum absolute atomic E-state index is 5.68. The maximum Gasteiger partial charge on any atom is 0.223 e. The first-order chi connectivity index (χ1) is 9.22. The number of fused-ring (bicyclic) bond motifs is 1. The van der Waals surface area contributed by atoms with Crippen LogP contribution in [0.15, 0.2) is 40.1 Å². The Kier molecular flexibility index (Phi) is 3.39. The third-order valence-corrected chi connectivity index (χ3v) is 4.07. The number of rotatable bonds is 3. The van der Waals surface area contributed by atoms with Crippen molar-refractivity contribution in [3.8, 4) is 0 Å². The highest BCUT2D eigenvalue weighted by molar-refractivity contribution is 9.10. The molecule has 0 bridgehead atoms. The molecule has 0 radical (unpaired) electrons. The van der Waals surface area contributed by atoms with Crippen LogP contribution in [0.2, 0.25) is 0 Å². The van der Waals surface area contributed by atoms with E-state index in [1.807, 2.05) is 12.1 Å². The molecule has 96 valence electrons. The summed E-state index contributed by atoms with van der Waals surface area (Å²) in [5.74, 6) is 1.06. The van der Waals surface area contributed by atoms with Crippen molar-refractivity contribution in [2.24, 2.45) is 0 Å². The number of nitrogens with zero attached hydrogens (tertiary/aromatic N) is 3. The van der Waals surface area contributed by atoms with Gasteiger partial charge in [0.15, 0.2) is 5.65 Å². The van der Waals surface area contributed by atoms with Crippen LogP contribution in [0.3, 0.4) is 0 Å². The van der Waals surface area contributed by atoms with Gasteiger partial charge in [-0.1, -0.05) is 39.8 Å². The molecule has 0 amide bonds.